The Balaban J connectivity index is 2.22. The summed E-state index contributed by atoms with van der Waals surface area (Å²) in [7, 11) is 3.08. The van der Waals surface area contributed by atoms with E-state index in [4.69, 9.17) is 9.47 Å². The molecule has 1 atom stereocenters. The van der Waals surface area contributed by atoms with Gasteiger partial charge in [-0.25, -0.2) is 4.98 Å². The van der Waals surface area contributed by atoms with Crippen LogP contribution in [0.4, 0.5) is 0 Å². The molecule has 0 N–H and O–H groups in total. The molecule has 136 valence electrons. The summed E-state index contributed by atoms with van der Waals surface area (Å²) in [5, 5.41) is 13.5. The summed E-state index contributed by atoms with van der Waals surface area (Å²) in [5.74, 6) is -0.192. The highest BCUT2D eigenvalue weighted by molar-refractivity contribution is 7.17. The first-order chi connectivity index (χ1) is 12.5. The lowest BCUT2D eigenvalue weighted by atomic mass is 10.1. The quantitative estimate of drug-likeness (QED) is 0.654. The molecule has 2 aromatic heterocycles. The third-order valence-electron chi connectivity index (χ3n) is 4.21. The smallest absolute Gasteiger partial charge is 0.263 e. The van der Waals surface area contributed by atoms with Crippen LogP contribution in [-0.2, 0) is 4.79 Å². The van der Waals surface area contributed by atoms with E-state index in [1.54, 1.807) is 26.2 Å². The van der Waals surface area contributed by atoms with Gasteiger partial charge in [-0.2, -0.15) is 0 Å². The number of rotatable bonds is 6. The minimum absolute atomic E-state index is 0.227. The van der Waals surface area contributed by atoms with Crippen molar-refractivity contribution in [1.29, 1.82) is 0 Å². The van der Waals surface area contributed by atoms with Crippen molar-refractivity contribution in [3.63, 3.8) is 0 Å². The van der Waals surface area contributed by atoms with E-state index < -0.39 is 17.6 Å². The monoisotopic (exact) mass is 373 g/mol. The molecule has 0 aliphatic heterocycles. The Morgan fingerprint density at radius 1 is 1.31 bits per heavy atom. The van der Waals surface area contributed by atoms with Gasteiger partial charge in [0.2, 0.25) is 0 Å². The number of aliphatic carboxylic acids is 1. The topological polar surface area (TPSA) is 93.5 Å². The first-order valence-electron chi connectivity index (χ1n) is 7.93. The van der Waals surface area contributed by atoms with E-state index >= 15 is 0 Å². The predicted molar refractivity (Wildman–Crippen MR) is 96.8 cm³/mol. The summed E-state index contributed by atoms with van der Waals surface area (Å²) in [4.78, 5) is 29.1. The second-order valence-electron chi connectivity index (χ2n) is 5.60. The molecule has 0 unspecified atom stereocenters. The number of ether oxygens (including phenoxy) is 2. The highest BCUT2D eigenvalue weighted by Gasteiger charge is 2.18. The standard InChI is InChI=1S/C18H18N2O5S/c1-4-12(18(22)23)20-9-19-16-15(17(20)21)11(8-26-16)10-5-6-13(24-2)14(7-10)25-3/h5-9,12H,4H2,1-3H3,(H,22,23)/p-1/t12-/m1/s1. The molecule has 0 aliphatic rings. The lowest BCUT2D eigenvalue weighted by molar-refractivity contribution is -0.310. The van der Waals surface area contributed by atoms with Crippen molar-refractivity contribution < 1.29 is 19.4 Å². The molecule has 2 heterocycles. The molecule has 0 saturated carbocycles. The normalized spacial score (nSPS) is 12.1. The fourth-order valence-electron chi connectivity index (χ4n) is 2.86. The fourth-order valence-corrected chi connectivity index (χ4v) is 3.77. The molecule has 0 radical (unpaired) electrons. The third-order valence-corrected chi connectivity index (χ3v) is 5.09. The number of thiophene rings is 1. The highest BCUT2D eigenvalue weighted by Crippen LogP contribution is 2.36. The molecule has 0 bridgehead atoms. The van der Waals surface area contributed by atoms with E-state index in [9.17, 15) is 14.7 Å². The van der Waals surface area contributed by atoms with Crippen LogP contribution in [0.5, 0.6) is 11.5 Å². The molecular formula is C18H17N2O5S-. The van der Waals surface area contributed by atoms with E-state index in [1.165, 1.54) is 24.8 Å². The SMILES string of the molecule is CC[C@H](C(=O)[O-])n1cnc2scc(-c3ccc(OC)c(OC)c3)c2c1=O. The van der Waals surface area contributed by atoms with Gasteiger partial charge in [0, 0.05) is 10.9 Å². The van der Waals surface area contributed by atoms with Gasteiger partial charge in [0.25, 0.3) is 5.56 Å². The van der Waals surface area contributed by atoms with Crippen molar-refractivity contribution in [2.75, 3.05) is 14.2 Å². The van der Waals surface area contributed by atoms with E-state index in [2.05, 4.69) is 4.98 Å². The van der Waals surface area contributed by atoms with Crippen molar-refractivity contribution in [3.8, 4) is 22.6 Å². The van der Waals surface area contributed by atoms with E-state index in [0.29, 0.717) is 27.3 Å². The van der Waals surface area contributed by atoms with Crippen LogP contribution in [0.25, 0.3) is 21.3 Å². The predicted octanol–water partition coefficient (Wildman–Crippen LogP) is 1.84. The molecule has 0 spiro atoms. The van der Waals surface area contributed by atoms with Crippen molar-refractivity contribution in [2.24, 2.45) is 0 Å². The largest absolute Gasteiger partial charge is 0.548 e. The number of carboxylic acids is 1. The van der Waals surface area contributed by atoms with E-state index in [-0.39, 0.29) is 6.42 Å². The second-order valence-corrected chi connectivity index (χ2v) is 6.46. The van der Waals surface area contributed by atoms with Gasteiger partial charge in [0.05, 0.1) is 37.9 Å². The van der Waals surface area contributed by atoms with Crippen LogP contribution >= 0.6 is 11.3 Å². The van der Waals surface area contributed by atoms with Crippen LogP contribution < -0.4 is 20.1 Å². The number of hydrogen-bond donors (Lipinski definition) is 0. The van der Waals surface area contributed by atoms with Crippen molar-refractivity contribution in [1.82, 2.24) is 9.55 Å². The number of carboxylic acid groups (broad SMARTS) is 1. The van der Waals surface area contributed by atoms with Crippen molar-refractivity contribution in [3.05, 3.63) is 40.3 Å². The Morgan fingerprint density at radius 3 is 2.65 bits per heavy atom. The Bertz CT molecular complexity index is 1020. The minimum Gasteiger partial charge on any atom is -0.548 e. The molecular weight excluding hydrogens is 356 g/mol. The van der Waals surface area contributed by atoms with Crippen LogP contribution in [0.2, 0.25) is 0 Å². The molecule has 0 aliphatic carbocycles. The lowest BCUT2D eigenvalue weighted by Gasteiger charge is -2.18. The summed E-state index contributed by atoms with van der Waals surface area (Å²) < 4.78 is 11.7. The zero-order valence-electron chi connectivity index (χ0n) is 14.5. The van der Waals surface area contributed by atoms with Crippen LogP contribution in [0.3, 0.4) is 0 Å². The molecule has 8 heteroatoms. The zero-order valence-corrected chi connectivity index (χ0v) is 15.3. The van der Waals surface area contributed by atoms with Crippen molar-refractivity contribution in [2.45, 2.75) is 19.4 Å². The maximum absolute atomic E-state index is 12.9. The van der Waals surface area contributed by atoms with Gasteiger partial charge in [-0.3, -0.25) is 9.36 Å². The lowest BCUT2D eigenvalue weighted by Crippen LogP contribution is -2.37. The number of carbonyl (C=O) groups is 1. The number of nitrogens with zero attached hydrogens (tertiary/aromatic N) is 2. The van der Waals surface area contributed by atoms with E-state index in [1.807, 2.05) is 11.4 Å². The van der Waals surface area contributed by atoms with Crippen LogP contribution in [0, 0.1) is 0 Å². The molecule has 3 aromatic rings. The summed E-state index contributed by atoms with van der Waals surface area (Å²) in [6, 6.07) is 4.28. The molecule has 0 saturated heterocycles. The molecule has 0 amide bonds. The number of carbonyl (C=O) groups excluding carboxylic acids is 1. The van der Waals surface area contributed by atoms with Gasteiger partial charge in [-0.1, -0.05) is 13.0 Å². The van der Waals surface area contributed by atoms with Gasteiger partial charge in [0.15, 0.2) is 11.5 Å². The third kappa shape index (κ3) is 2.92. The molecule has 0 fully saturated rings. The molecule has 1 aromatic carbocycles. The molecule has 7 nitrogen and oxygen atoms in total. The number of aromatic nitrogens is 2. The number of methoxy groups -OCH3 is 2. The fraction of sp³-hybridized carbons (Fsp3) is 0.278. The number of hydrogen-bond acceptors (Lipinski definition) is 7. The summed E-state index contributed by atoms with van der Waals surface area (Å²) in [5.41, 5.74) is 1.02. The van der Waals surface area contributed by atoms with Crippen LogP contribution in [0.1, 0.15) is 19.4 Å². The highest BCUT2D eigenvalue weighted by atomic mass is 32.1. The second kappa shape index (κ2) is 7.17. The Morgan fingerprint density at radius 2 is 2.04 bits per heavy atom. The van der Waals surface area contributed by atoms with Gasteiger partial charge >= 0.3 is 0 Å². The maximum atomic E-state index is 12.9. The van der Waals surface area contributed by atoms with Gasteiger partial charge in [0.1, 0.15) is 4.83 Å². The first kappa shape index (κ1) is 17.9. The van der Waals surface area contributed by atoms with Gasteiger partial charge < -0.3 is 19.4 Å². The van der Waals surface area contributed by atoms with E-state index in [0.717, 1.165) is 10.1 Å². The molecule has 26 heavy (non-hydrogen) atoms. The number of fused-ring (bicyclic) bond motifs is 1. The summed E-state index contributed by atoms with van der Waals surface area (Å²) in [6.07, 6.45) is 1.49. The molecule has 3 rings (SSSR count). The van der Waals surface area contributed by atoms with Gasteiger partial charge in [-0.05, 0) is 24.1 Å². The first-order valence-corrected chi connectivity index (χ1v) is 8.81. The average Bonchev–Trinajstić information content (AvgIpc) is 3.08. The van der Waals surface area contributed by atoms with Gasteiger partial charge in [-0.15, -0.1) is 11.3 Å². The maximum Gasteiger partial charge on any atom is 0.263 e. The van der Waals surface area contributed by atoms with Crippen LogP contribution in [0.15, 0.2) is 34.7 Å². The Labute approximate surface area is 153 Å². The summed E-state index contributed by atoms with van der Waals surface area (Å²) in [6.45, 7) is 1.68. The Kier molecular flexibility index (Phi) is 4.94. The zero-order chi connectivity index (χ0) is 18.8. The number of benzene rings is 1. The minimum atomic E-state index is -1.31. The van der Waals surface area contributed by atoms with Crippen LogP contribution in [-0.4, -0.2) is 29.7 Å². The van der Waals surface area contributed by atoms with Crippen molar-refractivity contribution >= 4 is 27.5 Å². The summed E-state index contributed by atoms with van der Waals surface area (Å²) >= 11 is 1.32. The Hall–Kier alpha value is -2.87. The average molecular weight is 373 g/mol.